The van der Waals surface area contributed by atoms with E-state index < -0.39 is 0 Å². The van der Waals surface area contributed by atoms with Gasteiger partial charge in [-0.15, -0.1) is 0 Å². The number of rotatable bonds is 6. The number of fused-ring (bicyclic) bond motifs is 1. The largest absolute Gasteiger partial charge is 0.494 e. The van der Waals surface area contributed by atoms with Crippen LogP contribution in [0.1, 0.15) is 62.8 Å². The number of nitrogens with zero attached hydrogens (tertiary/aromatic N) is 2. The summed E-state index contributed by atoms with van der Waals surface area (Å²) in [7, 11) is 0. The van der Waals surface area contributed by atoms with Gasteiger partial charge in [-0.25, -0.2) is 4.99 Å². The zero-order chi connectivity index (χ0) is 22.6. The van der Waals surface area contributed by atoms with Crippen molar-refractivity contribution in [3.05, 3.63) is 95.1 Å². The molecule has 1 aliphatic rings. The van der Waals surface area contributed by atoms with Crippen molar-refractivity contribution in [1.82, 2.24) is 5.43 Å². The molecule has 0 unspecified atom stereocenters. The van der Waals surface area contributed by atoms with E-state index in [0.717, 1.165) is 59.1 Å². The average molecular weight is 426 g/mol. The van der Waals surface area contributed by atoms with Crippen LogP contribution in [0.3, 0.4) is 0 Å². The summed E-state index contributed by atoms with van der Waals surface area (Å²) in [5.41, 5.74) is 9.42. The number of hydrogen-bond acceptors (Lipinski definition) is 4. The van der Waals surface area contributed by atoms with Gasteiger partial charge < -0.3 is 4.74 Å². The van der Waals surface area contributed by atoms with E-state index in [1.54, 1.807) is 0 Å². The maximum Gasteiger partial charge on any atom is 0.154 e. The third-order valence-corrected chi connectivity index (χ3v) is 5.58. The van der Waals surface area contributed by atoms with Crippen LogP contribution in [0.15, 0.2) is 82.9 Å². The van der Waals surface area contributed by atoms with Crippen LogP contribution in [-0.2, 0) is 5.41 Å². The summed E-state index contributed by atoms with van der Waals surface area (Å²) in [4.78, 5) is 4.91. The highest BCUT2D eigenvalue weighted by molar-refractivity contribution is 6.18. The third kappa shape index (κ3) is 4.91. The Kier molecular flexibility index (Phi) is 6.40. The SMILES string of the molecule is CCCCOc1ccc(C2=NNC(c3ccc(C(C)(C)C)cc3)=Nc3ccccc32)cc1. The fourth-order valence-corrected chi connectivity index (χ4v) is 3.61. The monoisotopic (exact) mass is 425 g/mol. The van der Waals surface area contributed by atoms with E-state index in [1.807, 2.05) is 30.3 Å². The minimum absolute atomic E-state index is 0.113. The van der Waals surface area contributed by atoms with Crippen LogP contribution < -0.4 is 10.2 Å². The van der Waals surface area contributed by atoms with Crippen LogP contribution in [0.4, 0.5) is 5.69 Å². The second-order valence-corrected chi connectivity index (χ2v) is 9.10. The van der Waals surface area contributed by atoms with E-state index in [2.05, 4.69) is 75.6 Å². The number of benzene rings is 3. The standard InChI is InChI=1S/C28H31N3O/c1-5-6-19-32-23-17-13-20(14-18-23)26-24-9-7-8-10-25(24)29-27(31-30-26)21-11-15-22(16-12-21)28(2,3)4/h7-18H,5-6,19H2,1-4H3,(H,29,31). The van der Waals surface area contributed by atoms with Crippen molar-refractivity contribution in [1.29, 1.82) is 0 Å². The number of para-hydroxylation sites is 1. The molecule has 32 heavy (non-hydrogen) atoms. The minimum atomic E-state index is 0.113. The Bertz CT molecular complexity index is 1120. The molecule has 0 saturated heterocycles. The Morgan fingerprint density at radius 1 is 0.844 bits per heavy atom. The lowest BCUT2D eigenvalue weighted by molar-refractivity contribution is 0.309. The summed E-state index contributed by atoms with van der Waals surface area (Å²) in [6.07, 6.45) is 2.18. The van der Waals surface area contributed by atoms with E-state index in [1.165, 1.54) is 5.56 Å². The van der Waals surface area contributed by atoms with Gasteiger partial charge in [0.1, 0.15) is 5.75 Å². The van der Waals surface area contributed by atoms with Gasteiger partial charge in [0.15, 0.2) is 5.84 Å². The first-order chi connectivity index (χ1) is 15.5. The molecule has 4 rings (SSSR count). The molecule has 0 radical (unpaired) electrons. The summed E-state index contributed by atoms with van der Waals surface area (Å²) in [5.74, 6) is 1.63. The Balaban J connectivity index is 1.64. The first kappa shape index (κ1) is 21.8. The van der Waals surface area contributed by atoms with E-state index in [-0.39, 0.29) is 5.41 Å². The van der Waals surface area contributed by atoms with Crippen LogP contribution >= 0.6 is 0 Å². The van der Waals surface area contributed by atoms with Gasteiger partial charge in [-0.05, 0) is 47.7 Å². The van der Waals surface area contributed by atoms with Crippen molar-refractivity contribution < 1.29 is 4.74 Å². The number of aliphatic imine (C=N–C) groups is 1. The van der Waals surface area contributed by atoms with Crippen molar-refractivity contribution >= 4 is 17.2 Å². The lowest BCUT2D eigenvalue weighted by Crippen LogP contribution is -2.20. The predicted molar refractivity (Wildman–Crippen MR) is 133 cm³/mol. The molecule has 1 heterocycles. The molecule has 3 aromatic carbocycles. The summed E-state index contributed by atoms with van der Waals surface area (Å²) < 4.78 is 5.81. The van der Waals surface area contributed by atoms with Crippen molar-refractivity contribution in [2.24, 2.45) is 10.1 Å². The molecule has 0 aliphatic carbocycles. The Morgan fingerprint density at radius 3 is 2.22 bits per heavy atom. The molecule has 0 atom stereocenters. The zero-order valence-corrected chi connectivity index (χ0v) is 19.4. The molecule has 4 heteroatoms. The highest BCUT2D eigenvalue weighted by Crippen LogP contribution is 2.27. The predicted octanol–water partition coefficient (Wildman–Crippen LogP) is 6.60. The van der Waals surface area contributed by atoms with Crippen molar-refractivity contribution in [2.45, 2.75) is 46.0 Å². The number of amidine groups is 1. The maximum absolute atomic E-state index is 5.81. The van der Waals surface area contributed by atoms with Crippen molar-refractivity contribution in [2.75, 3.05) is 6.61 Å². The van der Waals surface area contributed by atoms with Crippen LogP contribution in [0.2, 0.25) is 0 Å². The first-order valence-electron chi connectivity index (χ1n) is 11.3. The Labute approximate surface area is 191 Å². The van der Waals surface area contributed by atoms with E-state index in [4.69, 9.17) is 14.8 Å². The molecule has 1 N–H and O–H groups in total. The van der Waals surface area contributed by atoms with Gasteiger partial charge in [-0.3, -0.25) is 5.43 Å². The molecule has 0 fully saturated rings. The second-order valence-electron chi connectivity index (χ2n) is 9.10. The van der Waals surface area contributed by atoms with E-state index in [0.29, 0.717) is 0 Å². The van der Waals surface area contributed by atoms with Gasteiger partial charge in [-0.1, -0.05) is 76.6 Å². The fraction of sp³-hybridized carbons (Fsp3) is 0.286. The smallest absolute Gasteiger partial charge is 0.154 e. The zero-order valence-electron chi connectivity index (χ0n) is 19.4. The normalized spacial score (nSPS) is 13.4. The highest BCUT2D eigenvalue weighted by Gasteiger charge is 2.18. The summed E-state index contributed by atoms with van der Waals surface area (Å²) in [6, 6.07) is 24.8. The third-order valence-electron chi connectivity index (χ3n) is 5.58. The van der Waals surface area contributed by atoms with Gasteiger partial charge in [0.05, 0.1) is 18.0 Å². The molecule has 0 amide bonds. The van der Waals surface area contributed by atoms with Gasteiger partial charge in [0.2, 0.25) is 0 Å². The number of unbranched alkanes of at least 4 members (excludes halogenated alkanes) is 1. The molecule has 0 aromatic heterocycles. The molecule has 3 aromatic rings. The maximum atomic E-state index is 5.81. The van der Waals surface area contributed by atoms with Crippen LogP contribution in [0.25, 0.3) is 0 Å². The fourth-order valence-electron chi connectivity index (χ4n) is 3.61. The quantitative estimate of drug-likeness (QED) is 0.452. The number of hydrazone groups is 1. The number of hydrogen-bond donors (Lipinski definition) is 1. The molecular weight excluding hydrogens is 394 g/mol. The topological polar surface area (TPSA) is 46.0 Å². The summed E-state index contributed by atoms with van der Waals surface area (Å²) >= 11 is 0. The highest BCUT2D eigenvalue weighted by atomic mass is 16.5. The molecule has 0 spiro atoms. The van der Waals surface area contributed by atoms with Gasteiger partial charge >= 0.3 is 0 Å². The van der Waals surface area contributed by atoms with Crippen molar-refractivity contribution in [3.63, 3.8) is 0 Å². The summed E-state index contributed by atoms with van der Waals surface area (Å²) in [5, 5.41) is 4.76. The van der Waals surface area contributed by atoms with E-state index >= 15 is 0 Å². The molecule has 0 saturated carbocycles. The lowest BCUT2D eigenvalue weighted by atomic mass is 9.86. The first-order valence-corrected chi connectivity index (χ1v) is 11.3. The van der Waals surface area contributed by atoms with E-state index in [9.17, 15) is 0 Å². The van der Waals surface area contributed by atoms with Gasteiger partial charge in [0.25, 0.3) is 0 Å². The van der Waals surface area contributed by atoms with Gasteiger partial charge in [0, 0.05) is 16.7 Å². The molecular formula is C28H31N3O. The van der Waals surface area contributed by atoms with Crippen molar-refractivity contribution in [3.8, 4) is 5.75 Å². The van der Waals surface area contributed by atoms with Crippen LogP contribution in [-0.4, -0.2) is 18.2 Å². The summed E-state index contributed by atoms with van der Waals surface area (Å²) in [6.45, 7) is 9.56. The minimum Gasteiger partial charge on any atom is -0.494 e. The Morgan fingerprint density at radius 2 is 1.53 bits per heavy atom. The molecule has 0 bridgehead atoms. The molecule has 1 aliphatic heterocycles. The second kappa shape index (κ2) is 9.39. The Hall–Kier alpha value is -3.40. The molecule has 4 nitrogen and oxygen atoms in total. The molecule has 164 valence electrons. The number of nitrogens with one attached hydrogen (secondary N) is 1. The average Bonchev–Trinajstić information content (AvgIpc) is 2.99. The lowest BCUT2D eigenvalue weighted by Gasteiger charge is -2.19. The number of ether oxygens (including phenoxy) is 1. The van der Waals surface area contributed by atoms with Crippen LogP contribution in [0, 0.1) is 0 Å². The van der Waals surface area contributed by atoms with Gasteiger partial charge in [-0.2, -0.15) is 5.10 Å². The van der Waals surface area contributed by atoms with Crippen LogP contribution in [0.5, 0.6) is 5.75 Å².